The van der Waals surface area contributed by atoms with Gasteiger partial charge in [0.25, 0.3) is 0 Å². The lowest BCUT2D eigenvalue weighted by Gasteiger charge is -2.30. The van der Waals surface area contributed by atoms with Gasteiger partial charge in [-0.25, -0.2) is 9.97 Å². The number of benzene rings is 1. The molecular weight excluding hydrogens is 346 g/mol. The van der Waals surface area contributed by atoms with E-state index in [1.54, 1.807) is 0 Å². The molecule has 2 aliphatic heterocycles. The molecule has 2 unspecified atom stereocenters. The second-order valence-corrected chi connectivity index (χ2v) is 8.43. The number of aryl methyl sites for hydroxylation is 1. The van der Waals surface area contributed by atoms with Crippen LogP contribution in [0.2, 0.25) is 0 Å². The average molecular weight is 378 g/mol. The van der Waals surface area contributed by atoms with E-state index in [0.29, 0.717) is 11.4 Å². The molecule has 0 amide bonds. The average Bonchev–Trinajstić information content (AvgIpc) is 3.20. The highest BCUT2D eigenvalue weighted by atomic mass is 15.2. The fraction of sp³-hybridized carbons (Fsp3) is 0.478. The van der Waals surface area contributed by atoms with Crippen molar-refractivity contribution in [1.82, 2.24) is 19.8 Å². The Morgan fingerprint density at radius 3 is 2.54 bits per heavy atom. The second kappa shape index (κ2) is 8.41. The maximum absolute atomic E-state index is 5.63. The molecule has 0 bridgehead atoms. The molecule has 5 nitrogen and oxygen atoms in total. The molecule has 1 aromatic carbocycles. The minimum absolute atomic E-state index is 0.348. The molecule has 148 valence electrons. The summed E-state index contributed by atoms with van der Waals surface area (Å²) >= 11 is 0. The van der Waals surface area contributed by atoms with E-state index in [-0.39, 0.29) is 0 Å². The quantitative estimate of drug-likeness (QED) is 0.752. The van der Waals surface area contributed by atoms with Crippen LogP contribution in [0, 0.1) is 11.3 Å². The van der Waals surface area contributed by atoms with Gasteiger partial charge in [0.05, 0.1) is 0 Å². The molecule has 4 rings (SSSR count). The molecule has 1 aromatic heterocycles. The molecule has 2 aromatic rings. The number of hydrogen-bond acceptors (Lipinski definition) is 5. The molecule has 2 atom stereocenters. The van der Waals surface area contributed by atoms with Crippen molar-refractivity contribution in [2.24, 2.45) is 11.3 Å². The van der Waals surface area contributed by atoms with Crippen LogP contribution in [0.5, 0.6) is 0 Å². The van der Waals surface area contributed by atoms with E-state index < -0.39 is 0 Å². The number of aromatic nitrogens is 2. The highest BCUT2D eigenvalue weighted by molar-refractivity contribution is 5.19. The molecule has 3 heterocycles. The first kappa shape index (κ1) is 19.1. The van der Waals surface area contributed by atoms with Crippen LogP contribution in [-0.2, 0) is 13.0 Å². The number of nitrogen functional groups attached to an aromatic ring is 1. The fourth-order valence-electron chi connectivity index (χ4n) is 5.02. The van der Waals surface area contributed by atoms with Crippen LogP contribution >= 0.6 is 0 Å². The number of nitrogens with zero attached hydrogens (tertiary/aromatic N) is 4. The maximum atomic E-state index is 5.63. The molecule has 28 heavy (non-hydrogen) atoms. The van der Waals surface area contributed by atoms with Crippen molar-refractivity contribution in [3.05, 3.63) is 66.0 Å². The normalized spacial score (nSPS) is 25.5. The van der Waals surface area contributed by atoms with Crippen LogP contribution in [0.15, 0.2) is 54.9 Å². The van der Waals surface area contributed by atoms with Gasteiger partial charge in [-0.05, 0) is 31.2 Å². The zero-order chi connectivity index (χ0) is 19.4. The molecule has 0 aliphatic carbocycles. The lowest BCUT2D eigenvalue weighted by Crippen LogP contribution is -2.34. The first-order valence-electron chi connectivity index (χ1n) is 10.3. The lowest BCUT2D eigenvalue weighted by atomic mass is 9.76. The molecule has 0 radical (unpaired) electrons. The van der Waals surface area contributed by atoms with Gasteiger partial charge in [0.15, 0.2) is 0 Å². The van der Waals surface area contributed by atoms with Gasteiger partial charge in [-0.2, -0.15) is 0 Å². The van der Waals surface area contributed by atoms with Crippen molar-refractivity contribution in [3.8, 4) is 0 Å². The molecule has 0 spiro atoms. The largest absolute Gasteiger partial charge is 0.368 e. The Kier molecular flexibility index (Phi) is 5.74. The maximum Gasteiger partial charge on any atom is 0.219 e. The van der Waals surface area contributed by atoms with Gasteiger partial charge in [0.1, 0.15) is 0 Å². The van der Waals surface area contributed by atoms with E-state index in [0.717, 1.165) is 44.1 Å². The number of fused-ring (bicyclic) bond motifs is 1. The molecule has 2 saturated heterocycles. The predicted molar refractivity (Wildman–Crippen MR) is 114 cm³/mol. The van der Waals surface area contributed by atoms with Crippen molar-refractivity contribution in [1.29, 1.82) is 0 Å². The SMILES string of the molecule is CC=CCN1CC2CN(Cc3cnc(N)nc3)CC2(CCc2ccccc2)C1. The van der Waals surface area contributed by atoms with E-state index in [1.165, 1.54) is 25.1 Å². The summed E-state index contributed by atoms with van der Waals surface area (Å²) in [5.74, 6) is 1.08. The van der Waals surface area contributed by atoms with Gasteiger partial charge in [0, 0.05) is 62.6 Å². The third-order valence-corrected chi connectivity index (χ3v) is 6.39. The monoisotopic (exact) mass is 377 g/mol. The van der Waals surface area contributed by atoms with Crippen LogP contribution < -0.4 is 5.73 Å². The number of likely N-dealkylation sites (tertiary alicyclic amines) is 2. The lowest BCUT2D eigenvalue weighted by molar-refractivity contribution is 0.205. The highest BCUT2D eigenvalue weighted by Crippen LogP contribution is 2.46. The van der Waals surface area contributed by atoms with Crippen molar-refractivity contribution in [2.75, 3.05) is 38.5 Å². The van der Waals surface area contributed by atoms with Crippen LogP contribution in [-0.4, -0.2) is 52.5 Å². The van der Waals surface area contributed by atoms with Crippen molar-refractivity contribution in [3.63, 3.8) is 0 Å². The Hall–Kier alpha value is -2.24. The summed E-state index contributed by atoms with van der Waals surface area (Å²) in [4.78, 5) is 13.5. The van der Waals surface area contributed by atoms with E-state index in [4.69, 9.17) is 5.73 Å². The van der Waals surface area contributed by atoms with E-state index in [9.17, 15) is 0 Å². The Bertz CT molecular complexity index is 788. The van der Waals surface area contributed by atoms with Crippen molar-refractivity contribution < 1.29 is 0 Å². The van der Waals surface area contributed by atoms with Crippen LogP contribution in [0.1, 0.15) is 24.5 Å². The summed E-state index contributed by atoms with van der Waals surface area (Å²) in [7, 11) is 0. The van der Waals surface area contributed by atoms with E-state index >= 15 is 0 Å². The van der Waals surface area contributed by atoms with E-state index in [2.05, 4.69) is 69.2 Å². The van der Waals surface area contributed by atoms with Gasteiger partial charge < -0.3 is 5.73 Å². The zero-order valence-electron chi connectivity index (χ0n) is 16.8. The first-order valence-corrected chi connectivity index (χ1v) is 10.3. The van der Waals surface area contributed by atoms with Crippen LogP contribution in [0.4, 0.5) is 5.95 Å². The Morgan fingerprint density at radius 2 is 1.79 bits per heavy atom. The van der Waals surface area contributed by atoms with Gasteiger partial charge in [-0.1, -0.05) is 42.5 Å². The number of anilines is 1. The van der Waals surface area contributed by atoms with Gasteiger partial charge >= 0.3 is 0 Å². The molecule has 2 aliphatic rings. The number of rotatable bonds is 7. The Morgan fingerprint density at radius 1 is 1.07 bits per heavy atom. The number of allylic oxidation sites excluding steroid dienone is 1. The molecule has 2 N–H and O–H groups in total. The highest BCUT2D eigenvalue weighted by Gasteiger charge is 2.51. The molecule has 0 saturated carbocycles. The minimum Gasteiger partial charge on any atom is -0.368 e. The van der Waals surface area contributed by atoms with Gasteiger partial charge in [0.2, 0.25) is 5.95 Å². The number of nitrogens with two attached hydrogens (primary N) is 1. The summed E-state index contributed by atoms with van der Waals surface area (Å²) in [6, 6.07) is 10.9. The summed E-state index contributed by atoms with van der Waals surface area (Å²) in [5.41, 5.74) is 8.62. The Balaban J connectivity index is 1.46. The first-order chi connectivity index (χ1) is 13.7. The van der Waals surface area contributed by atoms with E-state index in [1.807, 2.05) is 12.4 Å². The number of hydrogen-bond donors (Lipinski definition) is 1. The standard InChI is InChI=1S/C23H31N5/c1-2-3-11-27-15-21-16-28(14-20-12-25-22(24)26-13-20)18-23(21,17-27)10-9-19-7-5-4-6-8-19/h2-8,12-13,21H,9-11,14-18H2,1H3,(H2,24,25,26). The van der Waals surface area contributed by atoms with Gasteiger partial charge in [-0.15, -0.1) is 0 Å². The van der Waals surface area contributed by atoms with Crippen LogP contribution in [0.25, 0.3) is 0 Å². The van der Waals surface area contributed by atoms with Gasteiger partial charge in [-0.3, -0.25) is 9.80 Å². The summed E-state index contributed by atoms with van der Waals surface area (Å²) < 4.78 is 0. The molecule has 2 fully saturated rings. The summed E-state index contributed by atoms with van der Waals surface area (Å²) in [5, 5.41) is 0. The second-order valence-electron chi connectivity index (χ2n) is 8.43. The fourth-order valence-corrected chi connectivity index (χ4v) is 5.02. The zero-order valence-corrected chi connectivity index (χ0v) is 16.8. The third kappa shape index (κ3) is 4.26. The molecule has 5 heteroatoms. The predicted octanol–water partition coefficient (Wildman–Crippen LogP) is 3.00. The van der Waals surface area contributed by atoms with Crippen molar-refractivity contribution >= 4 is 5.95 Å². The van der Waals surface area contributed by atoms with Crippen molar-refractivity contribution in [2.45, 2.75) is 26.3 Å². The minimum atomic E-state index is 0.348. The summed E-state index contributed by atoms with van der Waals surface area (Å²) in [6.07, 6.45) is 10.6. The van der Waals surface area contributed by atoms with Crippen LogP contribution in [0.3, 0.4) is 0 Å². The topological polar surface area (TPSA) is 58.3 Å². The Labute approximate surface area is 168 Å². The third-order valence-electron chi connectivity index (χ3n) is 6.39. The smallest absolute Gasteiger partial charge is 0.219 e. The summed E-state index contributed by atoms with van der Waals surface area (Å²) in [6.45, 7) is 8.81. The molecular formula is C23H31N5.